The van der Waals surface area contributed by atoms with Crippen LogP contribution in [0.2, 0.25) is 0 Å². The first-order valence-corrected chi connectivity index (χ1v) is 10.9. The molecule has 1 aliphatic heterocycles. The summed E-state index contributed by atoms with van der Waals surface area (Å²) < 4.78 is 0. The van der Waals surface area contributed by atoms with Gasteiger partial charge in [-0.1, -0.05) is 42.5 Å². The molecule has 0 saturated carbocycles. The molecule has 0 N–H and O–H groups in total. The smallest absolute Gasteiger partial charge is 0.245 e. The van der Waals surface area contributed by atoms with Gasteiger partial charge in [0.25, 0.3) is 0 Å². The lowest BCUT2D eigenvalue weighted by Crippen LogP contribution is -2.59. The Morgan fingerprint density at radius 2 is 2.03 bits per heavy atom. The number of carbonyl (C=O) groups is 2. The maximum atomic E-state index is 13.2. The van der Waals surface area contributed by atoms with Gasteiger partial charge in [0, 0.05) is 44.9 Å². The fraction of sp³-hybridized carbons (Fsp3) is 0.400. The van der Waals surface area contributed by atoms with Gasteiger partial charge in [0.2, 0.25) is 11.8 Å². The second-order valence-electron chi connectivity index (χ2n) is 8.14. The molecule has 0 spiro atoms. The average Bonchev–Trinajstić information content (AvgIpc) is 3.29. The zero-order valence-corrected chi connectivity index (χ0v) is 17.5. The lowest BCUT2D eigenvalue weighted by Gasteiger charge is -2.41. The number of likely N-dealkylation sites (N-methyl/N-ethyl adjacent to an activating group) is 1. The highest BCUT2D eigenvalue weighted by molar-refractivity contribution is 5.89. The van der Waals surface area contributed by atoms with E-state index in [0.29, 0.717) is 38.4 Å². The lowest BCUT2D eigenvalue weighted by molar-refractivity contribution is -0.151. The maximum absolute atomic E-state index is 13.2. The second kappa shape index (κ2) is 9.24. The Kier molecular flexibility index (Phi) is 6.26. The minimum absolute atomic E-state index is 0.0610. The molecule has 5 nitrogen and oxygen atoms in total. The summed E-state index contributed by atoms with van der Waals surface area (Å²) in [6, 6.07) is 11.7. The summed E-state index contributed by atoms with van der Waals surface area (Å²) in [5.41, 5.74) is 3.18. The van der Waals surface area contributed by atoms with Gasteiger partial charge in [-0.15, -0.1) is 0 Å². The zero-order chi connectivity index (χ0) is 20.9. The Bertz CT molecular complexity index is 925. The van der Waals surface area contributed by atoms with Gasteiger partial charge in [-0.3, -0.25) is 14.6 Å². The van der Waals surface area contributed by atoms with Gasteiger partial charge >= 0.3 is 0 Å². The number of benzene rings is 1. The Morgan fingerprint density at radius 3 is 2.77 bits per heavy atom. The quantitative estimate of drug-likeness (QED) is 0.691. The molecule has 1 aliphatic carbocycles. The van der Waals surface area contributed by atoms with Crippen LogP contribution in [0.3, 0.4) is 0 Å². The summed E-state index contributed by atoms with van der Waals surface area (Å²) in [5, 5.41) is 0. The number of hydrogen-bond acceptors (Lipinski definition) is 3. The van der Waals surface area contributed by atoms with Gasteiger partial charge in [0.05, 0.1) is 0 Å². The number of carbonyl (C=O) groups excluding carboxylic acids is 2. The standard InChI is InChI=1S/C25H29N3O2/c1-2-27-13-14-28(24(29)17-19-7-3-4-8-19)23(25(27)30)16-20-9-5-10-21(15-20)22-11-6-12-26-18-22/h3,5-7,9-12,15,18-19,23H,2,4,8,13-14,16-17H2,1H3/t19-,23-/m1/s1. The van der Waals surface area contributed by atoms with Crippen LogP contribution in [0.4, 0.5) is 0 Å². The molecule has 4 rings (SSSR count). The third kappa shape index (κ3) is 4.45. The zero-order valence-electron chi connectivity index (χ0n) is 17.5. The molecule has 2 heterocycles. The monoisotopic (exact) mass is 403 g/mol. The topological polar surface area (TPSA) is 53.5 Å². The van der Waals surface area contributed by atoms with Crippen molar-refractivity contribution in [2.45, 2.75) is 38.6 Å². The van der Waals surface area contributed by atoms with E-state index in [-0.39, 0.29) is 11.8 Å². The number of amides is 2. The van der Waals surface area contributed by atoms with Crippen molar-refractivity contribution < 1.29 is 9.59 Å². The van der Waals surface area contributed by atoms with Crippen LogP contribution in [0.15, 0.2) is 60.9 Å². The van der Waals surface area contributed by atoms with Crippen molar-refractivity contribution in [3.05, 3.63) is 66.5 Å². The van der Waals surface area contributed by atoms with E-state index in [1.54, 1.807) is 6.20 Å². The van der Waals surface area contributed by atoms with E-state index in [0.717, 1.165) is 29.5 Å². The van der Waals surface area contributed by atoms with Gasteiger partial charge in [0.15, 0.2) is 0 Å². The van der Waals surface area contributed by atoms with Crippen molar-refractivity contribution in [2.24, 2.45) is 5.92 Å². The van der Waals surface area contributed by atoms with Gasteiger partial charge in [-0.25, -0.2) is 0 Å². The molecular weight excluding hydrogens is 374 g/mol. The van der Waals surface area contributed by atoms with Crippen LogP contribution in [0.1, 0.15) is 31.7 Å². The molecule has 1 aromatic carbocycles. The highest BCUT2D eigenvalue weighted by Crippen LogP contribution is 2.25. The first-order valence-electron chi connectivity index (χ1n) is 10.9. The SMILES string of the molecule is CCN1CCN(C(=O)C[C@@H]2C=CCC2)[C@H](Cc2cccc(-c3cccnc3)c2)C1=O. The van der Waals surface area contributed by atoms with Crippen molar-refractivity contribution in [2.75, 3.05) is 19.6 Å². The predicted octanol–water partition coefficient (Wildman–Crippen LogP) is 3.71. The fourth-order valence-electron chi connectivity index (χ4n) is 4.49. The van der Waals surface area contributed by atoms with Gasteiger partial charge in [0.1, 0.15) is 6.04 Å². The summed E-state index contributed by atoms with van der Waals surface area (Å²) >= 11 is 0. The highest BCUT2D eigenvalue weighted by Gasteiger charge is 2.37. The fourth-order valence-corrected chi connectivity index (χ4v) is 4.49. The van der Waals surface area contributed by atoms with E-state index in [4.69, 9.17) is 0 Å². The van der Waals surface area contributed by atoms with Crippen LogP contribution < -0.4 is 0 Å². The summed E-state index contributed by atoms with van der Waals surface area (Å²) in [6.07, 6.45) is 11.0. The molecule has 30 heavy (non-hydrogen) atoms. The van der Waals surface area contributed by atoms with Crippen LogP contribution in [0, 0.1) is 5.92 Å². The van der Waals surface area contributed by atoms with Crippen LogP contribution in [-0.4, -0.2) is 52.3 Å². The third-order valence-electron chi connectivity index (χ3n) is 6.19. The van der Waals surface area contributed by atoms with E-state index >= 15 is 0 Å². The van der Waals surface area contributed by atoms with Crippen LogP contribution in [-0.2, 0) is 16.0 Å². The molecule has 2 amide bonds. The molecule has 0 unspecified atom stereocenters. The lowest BCUT2D eigenvalue weighted by atomic mass is 9.96. The largest absolute Gasteiger partial charge is 0.339 e. The molecule has 2 aliphatic rings. The van der Waals surface area contributed by atoms with Crippen LogP contribution in [0.25, 0.3) is 11.1 Å². The van der Waals surface area contributed by atoms with Crippen molar-refractivity contribution in [1.29, 1.82) is 0 Å². The highest BCUT2D eigenvalue weighted by atomic mass is 16.2. The molecule has 1 fully saturated rings. The molecule has 2 atom stereocenters. The van der Waals surface area contributed by atoms with Gasteiger partial charge in [-0.05, 0) is 48.4 Å². The Labute approximate surface area is 178 Å². The first kappa shape index (κ1) is 20.3. The number of pyridine rings is 1. The van der Waals surface area contributed by atoms with Crippen molar-refractivity contribution in [3.8, 4) is 11.1 Å². The first-order chi connectivity index (χ1) is 14.7. The Hall–Kier alpha value is -2.95. The molecule has 2 aromatic rings. The molecule has 1 saturated heterocycles. The van der Waals surface area contributed by atoms with Crippen molar-refractivity contribution in [1.82, 2.24) is 14.8 Å². The van der Waals surface area contributed by atoms with Gasteiger partial charge in [-0.2, -0.15) is 0 Å². The minimum atomic E-state index is -0.430. The summed E-state index contributed by atoms with van der Waals surface area (Å²) in [7, 11) is 0. The summed E-state index contributed by atoms with van der Waals surface area (Å²) in [4.78, 5) is 34.2. The minimum Gasteiger partial charge on any atom is -0.339 e. The molecular formula is C25H29N3O2. The maximum Gasteiger partial charge on any atom is 0.245 e. The summed E-state index contributed by atoms with van der Waals surface area (Å²) in [6.45, 7) is 3.91. The predicted molar refractivity (Wildman–Crippen MR) is 118 cm³/mol. The van der Waals surface area contributed by atoms with E-state index in [9.17, 15) is 9.59 Å². The van der Waals surface area contributed by atoms with E-state index in [1.165, 1.54) is 0 Å². The summed E-state index contributed by atoms with van der Waals surface area (Å²) in [5.74, 6) is 0.473. The van der Waals surface area contributed by atoms with Crippen LogP contribution in [0.5, 0.6) is 0 Å². The number of allylic oxidation sites excluding steroid dienone is 2. The Morgan fingerprint density at radius 1 is 1.17 bits per heavy atom. The second-order valence-corrected chi connectivity index (χ2v) is 8.14. The number of rotatable bonds is 6. The van der Waals surface area contributed by atoms with E-state index in [1.807, 2.05) is 47.2 Å². The molecule has 5 heteroatoms. The Balaban J connectivity index is 1.55. The van der Waals surface area contributed by atoms with Crippen molar-refractivity contribution in [3.63, 3.8) is 0 Å². The number of nitrogens with zero attached hydrogens (tertiary/aromatic N) is 3. The average molecular weight is 404 g/mol. The number of piperazine rings is 1. The molecule has 156 valence electrons. The van der Waals surface area contributed by atoms with Crippen LogP contribution >= 0.6 is 0 Å². The third-order valence-corrected chi connectivity index (χ3v) is 6.19. The molecule has 1 aromatic heterocycles. The van der Waals surface area contributed by atoms with Crippen molar-refractivity contribution >= 4 is 11.8 Å². The van der Waals surface area contributed by atoms with Gasteiger partial charge < -0.3 is 9.80 Å². The molecule has 0 bridgehead atoms. The number of aromatic nitrogens is 1. The van der Waals surface area contributed by atoms with E-state index in [2.05, 4.69) is 29.3 Å². The molecule has 0 radical (unpaired) electrons. The van der Waals surface area contributed by atoms with E-state index < -0.39 is 6.04 Å². The normalized spacial score (nSPS) is 21.3. The number of hydrogen-bond donors (Lipinski definition) is 0.